The van der Waals surface area contributed by atoms with Crippen LogP contribution in [0.25, 0.3) is 16.8 Å². The Balaban J connectivity index is 1.40. The van der Waals surface area contributed by atoms with Gasteiger partial charge in [0.05, 0.1) is 24.3 Å². The molecule has 2 aliphatic heterocycles. The highest BCUT2D eigenvalue weighted by Crippen LogP contribution is 2.30. The van der Waals surface area contributed by atoms with Gasteiger partial charge < -0.3 is 15.0 Å². The first kappa shape index (κ1) is 24.0. The first-order valence-electron chi connectivity index (χ1n) is 11.8. The summed E-state index contributed by atoms with van der Waals surface area (Å²) in [5, 5.41) is 16.7. The molecule has 11 nitrogen and oxygen atoms in total. The number of fused-ring (bicyclic) bond motifs is 1. The molecule has 1 aromatic carbocycles. The first-order valence-corrected chi connectivity index (χ1v) is 13.6. The molecule has 0 saturated carbocycles. The number of carbonyl (C=O) groups is 1. The van der Waals surface area contributed by atoms with E-state index in [1.165, 1.54) is 16.8 Å². The van der Waals surface area contributed by atoms with E-state index in [1.807, 2.05) is 31.2 Å². The molecule has 36 heavy (non-hydrogen) atoms. The smallest absolute Gasteiger partial charge is 0.242 e. The van der Waals surface area contributed by atoms with Crippen molar-refractivity contribution in [2.24, 2.45) is 5.92 Å². The highest BCUT2D eigenvalue weighted by Gasteiger charge is 2.29. The van der Waals surface area contributed by atoms with Gasteiger partial charge in [-0.2, -0.15) is 14.7 Å². The second kappa shape index (κ2) is 9.40. The maximum Gasteiger partial charge on any atom is 0.242 e. The monoisotopic (exact) mass is 509 g/mol. The minimum absolute atomic E-state index is 0.00203. The molecule has 3 aromatic rings. The van der Waals surface area contributed by atoms with Gasteiger partial charge in [0.25, 0.3) is 0 Å². The fraction of sp³-hybridized carbons (Fsp3) is 0.417. The second-order valence-electron chi connectivity index (χ2n) is 9.18. The number of nitrogens with zero attached hydrogens (tertiary/aromatic N) is 6. The molecule has 2 aromatic heterocycles. The summed E-state index contributed by atoms with van der Waals surface area (Å²) in [6.45, 7) is 4.60. The topological polar surface area (TPSA) is 133 Å². The normalized spacial score (nSPS) is 19.8. The van der Waals surface area contributed by atoms with Crippen molar-refractivity contribution < 1.29 is 17.9 Å². The van der Waals surface area contributed by atoms with Crippen molar-refractivity contribution in [3.05, 3.63) is 42.2 Å². The second-order valence-corrected chi connectivity index (χ2v) is 11.2. The van der Waals surface area contributed by atoms with Crippen LogP contribution in [0.2, 0.25) is 0 Å². The van der Waals surface area contributed by atoms with E-state index in [1.54, 1.807) is 10.7 Å². The van der Waals surface area contributed by atoms with E-state index >= 15 is 0 Å². The van der Waals surface area contributed by atoms with E-state index in [0.717, 1.165) is 11.3 Å². The molecule has 2 atom stereocenters. The number of ether oxygens (including phenoxy) is 1. The number of anilines is 1. The van der Waals surface area contributed by atoms with Crippen molar-refractivity contribution >= 4 is 27.1 Å². The third kappa shape index (κ3) is 4.72. The largest absolute Gasteiger partial charge is 0.473 e. The zero-order valence-electron chi connectivity index (χ0n) is 20.1. The summed E-state index contributed by atoms with van der Waals surface area (Å²) in [7, 11) is -3.18. The van der Waals surface area contributed by atoms with Gasteiger partial charge >= 0.3 is 0 Å². The molecule has 0 radical (unpaired) electrons. The molecule has 12 heteroatoms. The van der Waals surface area contributed by atoms with Crippen LogP contribution in [0.15, 0.2) is 36.7 Å². The van der Waals surface area contributed by atoms with Crippen molar-refractivity contribution in [2.45, 2.75) is 19.4 Å². The van der Waals surface area contributed by atoms with E-state index in [2.05, 4.69) is 21.4 Å². The van der Waals surface area contributed by atoms with Crippen LogP contribution in [0.1, 0.15) is 18.9 Å². The van der Waals surface area contributed by atoms with Gasteiger partial charge in [-0.1, -0.05) is 12.1 Å². The highest BCUT2D eigenvalue weighted by molar-refractivity contribution is 7.88. The molecule has 5 rings (SSSR count). The SMILES string of the molecule is CC(Oc1nc(-c2ccc(N3CCN(S(C)(=O)=O)CC3)cc2)cn2ncc(C#N)c12)[C@H]1CNC(=O)C1. The van der Waals surface area contributed by atoms with Crippen molar-refractivity contribution in [1.29, 1.82) is 5.26 Å². The van der Waals surface area contributed by atoms with Crippen LogP contribution in [0, 0.1) is 17.2 Å². The Bertz CT molecular complexity index is 1440. The van der Waals surface area contributed by atoms with Crippen LogP contribution in [0.5, 0.6) is 5.88 Å². The average Bonchev–Trinajstić information content (AvgIpc) is 3.50. The quantitative estimate of drug-likeness (QED) is 0.525. The number of nitriles is 1. The highest BCUT2D eigenvalue weighted by atomic mass is 32.2. The molecule has 0 aliphatic carbocycles. The van der Waals surface area contributed by atoms with Gasteiger partial charge in [-0.15, -0.1) is 0 Å². The van der Waals surface area contributed by atoms with E-state index in [0.29, 0.717) is 61.8 Å². The van der Waals surface area contributed by atoms with Crippen molar-refractivity contribution in [2.75, 3.05) is 43.9 Å². The predicted octanol–water partition coefficient (Wildman–Crippen LogP) is 1.25. The Hall–Kier alpha value is -3.69. The van der Waals surface area contributed by atoms with E-state index in [4.69, 9.17) is 9.72 Å². The maximum atomic E-state index is 11.8. The number of aromatic nitrogens is 3. The predicted molar refractivity (Wildman–Crippen MR) is 133 cm³/mol. The van der Waals surface area contributed by atoms with Gasteiger partial charge in [-0.25, -0.2) is 17.9 Å². The number of piperazine rings is 1. The maximum absolute atomic E-state index is 11.8. The number of carbonyl (C=O) groups excluding carboxylic acids is 1. The number of rotatable bonds is 6. The Kier molecular flexibility index (Phi) is 6.27. The average molecular weight is 510 g/mol. The van der Waals surface area contributed by atoms with Crippen LogP contribution in [-0.4, -0.2) is 78.3 Å². The standard InChI is InChI=1S/C24H27N7O4S/c1-16(18-11-22(32)26-13-18)35-24-23-19(12-25)14-27-31(23)15-21(28-24)17-3-5-20(6-4-17)29-7-9-30(10-8-29)36(2,33)34/h3-6,14-16,18H,7-11,13H2,1-2H3,(H,26,32)/t16?,18-/m1/s1. The van der Waals surface area contributed by atoms with Crippen LogP contribution in [-0.2, 0) is 14.8 Å². The zero-order valence-corrected chi connectivity index (χ0v) is 20.9. The van der Waals surface area contributed by atoms with Gasteiger partial charge in [0, 0.05) is 56.3 Å². The van der Waals surface area contributed by atoms with Gasteiger partial charge in [0.1, 0.15) is 23.3 Å². The summed E-state index contributed by atoms with van der Waals surface area (Å²) in [5.41, 5.74) is 3.33. The summed E-state index contributed by atoms with van der Waals surface area (Å²) < 4.78 is 32.8. The lowest BCUT2D eigenvalue weighted by atomic mass is 10.0. The lowest BCUT2D eigenvalue weighted by molar-refractivity contribution is -0.119. The van der Waals surface area contributed by atoms with Crippen molar-refractivity contribution in [1.82, 2.24) is 24.2 Å². The van der Waals surface area contributed by atoms with Crippen molar-refractivity contribution in [3.63, 3.8) is 0 Å². The van der Waals surface area contributed by atoms with Crippen molar-refractivity contribution in [3.8, 4) is 23.2 Å². The summed E-state index contributed by atoms with van der Waals surface area (Å²) in [4.78, 5) is 18.5. The molecule has 2 aliphatic rings. The molecule has 1 unspecified atom stereocenters. The van der Waals surface area contributed by atoms with Crippen LogP contribution < -0.4 is 15.0 Å². The van der Waals surface area contributed by atoms with Crippen LogP contribution in [0.3, 0.4) is 0 Å². The number of nitrogens with one attached hydrogen (secondary N) is 1. The number of amides is 1. The molecule has 1 N–H and O–H groups in total. The zero-order chi connectivity index (χ0) is 25.4. The lowest BCUT2D eigenvalue weighted by Crippen LogP contribution is -2.48. The fourth-order valence-electron chi connectivity index (χ4n) is 4.64. The molecule has 0 bridgehead atoms. The molecule has 4 heterocycles. The van der Waals surface area contributed by atoms with Gasteiger partial charge in [0.2, 0.25) is 21.8 Å². The molecular formula is C24H27N7O4S. The lowest BCUT2D eigenvalue weighted by Gasteiger charge is -2.34. The number of hydrogen-bond donors (Lipinski definition) is 1. The van der Waals surface area contributed by atoms with Gasteiger partial charge in [-0.3, -0.25) is 4.79 Å². The summed E-state index contributed by atoms with van der Waals surface area (Å²) in [6, 6.07) is 10.0. The fourth-order valence-corrected chi connectivity index (χ4v) is 5.46. The third-order valence-corrected chi connectivity index (χ3v) is 8.09. The number of sulfonamides is 1. The molecular weight excluding hydrogens is 482 g/mol. The number of hydrogen-bond acceptors (Lipinski definition) is 8. The minimum Gasteiger partial charge on any atom is -0.473 e. The Morgan fingerprint density at radius 3 is 2.53 bits per heavy atom. The van der Waals surface area contributed by atoms with E-state index in [9.17, 15) is 18.5 Å². The molecule has 0 spiro atoms. The molecule has 2 fully saturated rings. The molecule has 2 saturated heterocycles. The van der Waals surface area contributed by atoms with Crippen LogP contribution >= 0.6 is 0 Å². The van der Waals surface area contributed by atoms with E-state index in [-0.39, 0.29) is 17.9 Å². The Labute approximate surface area is 209 Å². The van der Waals surface area contributed by atoms with Crippen LogP contribution in [0.4, 0.5) is 5.69 Å². The first-order chi connectivity index (χ1) is 17.2. The Morgan fingerprint density at radius 2 is 1.92 bits per heavy atom. The molecule has 1 amide bonds. The minimum atomic E-state index is -3.18. The number of benzene rings is 1. The summed E-state index contributed by atoms with van der Waals surface area (Å²) in [5.74, 6) is 0.315. The van der Waals surface area contributed by atoms with Gasteiger partial charge in [0.15, 0.2) is 0 Å². The van der Waals surface area contributed by atoms with E-state index < -0.39 is 10.0 Å². The summed E-state index contributed by atoms with van der Waals surface area (Å²) >= 11 is 0. The summed E-state index contributed by atoms with van der Waals surface area (Å²) in [6.07, 6.45) is 4.59. The molecule has 188 valence electrons. The Morgan fingerprint density at radius 1 is 1.19 bits per heavy atom. The van der Waals surface area contributed by atoms with Gasteiger partial charge in [-0.05, 0) is 19.1 Å². The third-order valence-electron chi connectivity index (χ3n) is 6.79.